The van der Waals surface area contributed by atoms with Gasteiger partial charge in [-0.1, -0.05) is 44.9 Å². The maximum absolute atomic E-state index is 5.51. The fourth-order valence-corrected chi connectivity index (χ4v) is 3.21. The molecule has 19 heavy (non-hydrogen) atoms. The maximum Gasteiger partial charge on any atom is 0.122 e. The number of hydrogen-bond donors (Lipinski definition) is 1. The van der Waals surface area contributed by atoms with Crippen LogP contribution in [0.5, 0.6) is 5.75 Å². The Labute approximate surface area is 117 Å². The van der Waals surface area contributed by atoms with E-state index in [0.29, 0.717) is 11.5 Å². The highest BCUT2D eigenvalue weighted by atomic mass is 16.5. The van der Waals surface area contributed by atoms with E-state index < -0.39 is 0 Å². The lowest BCUT2D eigenvalue weighted by Crippen LogP contribution is -2.37. The highest BCUT2D eigenvalue weighted by molar-refractivity contribution is 5.34. The van der Waals surface area contributed by atoms with Gasteiger partial charge in [-0.05, 0) is 36.3 Å². The molecule has 1 fully saturated rings. The van der Waals surface area contributed by atoms with Crippen LogP contribution in [0, 0.1) is 5.41 Å². The third-order valence-corrected chi connectivity index (χ3v) is 4.31. The second-order valence-electron chi connectivity index (χ2n) is 6.23. The molecule has 106 valence electrons. The lowest BCUT2D eigenvalue weighted by molar-refractivity contribution is 0.265. The highest BCUT2D eigenvalue weighted by Gasteiger charge is 2.34. The van der Waals surface area contributed by atoms with Crippen LogP contribution in [-0.2, 0) is 6.42 Å². The molecule has 0 radical (unpaired) electrons. The molecule has 0 saturated heterocycles. The summed E-state index contributed by atoms with van der Waals surface area (Å²) >= 11 is 0. The first-order valence-corrected chi connectivity index (χ1v) is 7.50. The van der Waals surface area contributed by atoms with E-state index >= 15 is 0 Å². The molecular formula is C17H27NO. The van der Waals surface area contributed by atoms with E-state index in [4.69, 9.17) is 4.74 Å². The van der Waals surface area contributed by atoms with Gasteiger partial charge in [-0.25, -0.2) is 0 Å². The molecule has 0 spiro atoms. The van der Waals surface area contributed by atoms with Crippen molar-refractivity contribution in [3.05, 3.63) is 29.8 Å². The molecule has 0 atom stereocenters. The molecule has 0 amide bonds. The van der Waals surface area contributed by atoms with Gasteiger partial charge in [-0.2, -0.15) is 0 Å². The first-order valence-electron chi connectivity index (χ1n) is 7.50. The highest BCUT2D eigenvalue weighted by Crippen LogP contribution is 2.42. The van der Waals surface area contributed by atoms with Crippen molar-refractivity contribution in [1.82, 2.24) is 5.32 Å². The van der Waals surface area contributed by atoms with Gasteiger partial charge in [0, 0.05) is 12.6 Å². The summed E-state index contributed by atoms with van der Waals surface area (Å²) < 4.78 is 5.51. The van der Waals surface area contributed by atoms with E-state index in [9.17, 15) is 0 Å². The van der Waals surface area contributed by atoms with E-state index in [2.05, 4.69) is 43.4 Å². The van der Waals surface area contributed by atoms with Crippen LogP contribution in [0.4, 0.5) is 0 Å². The van der Waals surface area contributed by atoms with Crippen molar-refractivity contribution in [3.8, 4) is 5.75 Å². The smallest absolute Gasteiger partial charge is 0.122 e. The van der Waals surface area contributed by atoms with Gasteiger partial charge < -0.3 is 10.1 Å². The number of ether oxygens (including phenoxy) is 1. The number of hydrogen-bond acceptors (Lipinski definition) is 2. The minimum absolute atomic E-state index is 0.429. The predicted molar refractivity (Wildman–Crippen MR) is 80.7 cm³/mol. The first kappa shape index (κ1) is 14.4. The Morgan fingerprint density at radius 1 is 1.21 bits per heavy atom. The molecule has 0 heterocycles. The van der Waals surface area contributed by atoms with E-state index in [0.717, 1.165) is 18.7 Å². The van der Waals surface area contributed by atoms with Crippen LogP contribution >= 0.6 is 0 Å². The summed E-state index contributed by atoms with van der Waals surface area (Å²) in [6.45, 7) is 5.58. The Morgan fingerprint density at radius 3 is 2.53 bits per heavy atom. The molecule has 1 aromatic rings. The molecule has 1 aromatic carbocycles. The SMILES string of the molecule is COc1ccccc1CC1(CNC(C)C)CCCC1. The van der Waals surface area contributed by atoms with Gasteiger partial charge in [-0.3, -0.25) is 0 Å². The second-order valence-corrected chi connectivity index (χ2v) is 6.23. The molecule has 2 nitrogen and oxygen atoms in total. The third-order valence-electron chi connectivity index (χ3n) is 4.31. The van der Waals surface area contributed by atoms with Crippen molar-refractivity contribution in [2.75, 3.05) is 13.7 Å². The minimum atomic E-state index is 0.429. The standard InChI is InChI=1S/C17H27NO/c1-14(2)18-13-17(10-6-7-11-17)12-15-8-4-5-9-16(15)19-3/h4-5,8-9,14,18H,6-7,10-13H2,1-3H3. The van der Waals surface area contributed by atoms with E-state index in [-0.39, 0.29) is 0 Å². The quantitative estimate of drug-likeness (QED) is 0.841. The van der Waals surface area contributed by atoms with Crippen molar-refractivity contribution >= 4 is 0 Å². The Balaban J connectivity index is 2.11. The van der Waals surface area contributed by atoms with Crippen LogP contribution < -0.4 is 10.1 Å². The molecular weight excluding hydrogens is 234 g/mol. The monoisotopic (exact) mass is 261 g/mol. The number of para-hydroxylation sites is 1. The third kappa shape index (κ3) is 3.73. The molecule has 1 saturated carbocycles. The number of rotatable bonds is 6. The zero-order chi connectivity index (χ0) is 13.7. The van der Waals surface area contributed by atoms with Gasteiger partial charge in [0.15, 0.2) is 0 Å². The minimum Gasteiger partial charge on any atom is -0.496 e. The molecule has 0 bridgehead atoms. The van der Waals surface area contributed by atoms with Crippen molar-refractivity contribution in [2.45, 2.75) is 52.0 Å². The van der Waals surface area contributed by atoms with Crippen LogP contribution in [0.2, 0.25) is 0 Å². The average Bonchev–Trinajstić information content (AvgIpc) is 2.86. The topological polar surface area (TPSA) is 21.3 Å². The largest absolute Gasteiger partial charge is 0.496 e. The molecule has 1 aliphatic carbocycles. The number of methoxy groups -OCH3 is 1. The Morgan fingerprint density at radius 2 is 1.89 bits per heavy atom. The summed E-state index contributed by atoms with van der Waals surface area (Å²) in [6, 6.07) is 9.03. The Hall–Kier alpha value is -1.02. The molecule has 0 aromatic heterocycles. The van der Waals surface area contributed by atoms with E-state index in [1.165, 1.54) is 31.2 Å². The fourth-order valence-electron chi connectivity index (χ4n) is 3.21. The summed E-state index contributed by atoms with van der Waals surface area (Å²) in [4.78, 5) is 0. The summed E-state index contributed by atoms with van der Waals surface area (Å²) in [5, 5.41) is 3.65. The maximum atomic E-state index is 5.51. The van der Waals surface area contributed by atoms with Gasteiger partial charge in [0.25, 0.3) is 0 Å². The van der Waals surface area contributed by atoms with E-state index in [1.54, 1.807) is 7.11 Å². The molecule has 2 rings (SSSR count). The molecule has 1 aliphatic rings. The first-order chi connectivity index (χ1) is 9.15. The summed E-state index contributed by atoms with van der Waals surface area (Å²) in [5.74, 6) is 1.04. The molecule has 0 unspecified atom stereocenters. The predicted octanol–water partition coefficient (Wildman–Crippen LogP) is 3.80. The lowest BCUT2D eigenvalue weighted by Gasteiger charge is -2.31. The zero-order valence-corrected chi connectivity index (χ0v) is 12.5. The number of nitrogens with one attached hydrogen (secondary N) is 1. The Kier molecular flexibility index (Phi) is 4.87. The number of benzene rings is 1. The van der Waals surface area contributed by atoms with Crippen molar-refractivity contribution in [1.29, 1.82) is 0 Å². The summed E-state index contributed by atoms with van der Waals surface area (Å²) in [5.41, 5.74) is 1.79. The van der Waals surface area contributed by atoms with Gasteiger partial charge in [0.2, 0.25) is 0 Å². The van der Waals surface area contributed by atoms with Crippen LogP contribution in [0.15, 0.2) is 24.3 Å². The second kappa shape index (κ2) is 6.42. The fraction of sp³-hybridized carbons (Fsp3) is 0.647. The molecule has 0 aliphatic heterocycles. The van der Waals surface area contributed by atoms with Gasteiger partial charge >= 0.3 is 0 Å². The lowest BCUT2D eigenvalue weighted by atomic mass is 9.79. The summed E-state index contributed by atoms with van der Waals surface area (Å²) in [7, 11) is 1.77. The van der Waals surface area contributed by atoms with Crippen LogP contribution in [0.25, 0.3) is 0 Å². The molecule has 2 heteroatoms. The normalized spacial score (nSPS) is 17.9. The van der Waals surface area contributed by atoms with E-state index in [1.807, 2.05) is 0 Å². The average molecular weight is 261 g/mol. The zero-order valence-electron chi connectivity index (χ0n) is 12.5. The van der Waals surface area contributed by atoms with Crippen LogP contribution in [0.1, 0.15) is 45.1 Å². The van der Waals surface area contributed by atoms with Gasteiger partial charge in [-0.15, -0.1) is 0 Å². The van der Waals surface area contributed by atoms with Crippen LogP contribution in [0.3, 0.4) is 0 Å². The van der Waals surface area contributed by atoms with Crippen molar-refractivity contribution < 1.29 is 4.74 Å². The van der Waals surface area contributed by atoms with Gasteiger partial charge in [0.05, 0.1) is 7.11 Å². The molecule has 1 N–H and O–H groups in total. The van der Waals surface area contributed by atoms with Crippen LogP contribution in [-0.4, -0.2) is 19.7 Å². The summed E-state index contributed by atoms with van der Waals surface area (Å²) in [6.07, 6.45) is 6.55. The van der Waals surface area contributed by atoms with Crippen molar-refractivity contribution in [2.24, 2.45) is 5.41 Å². The van der Waals surface area contributed by atoms with Crippen molar-refractivity contribution in [3.63, 3.8) is 0 Å². The van der Waals surface area contributed by atoms with Gasteiger partial charge in [0.1, 0.15) is 5.75 Å². The Bertz CT molecular complexity index is 394.